The third-order valence-electron chi connectivity index (χ3n) is 1.57. The van der Waals surface area contributed by atoms with Crippen LogP contribution in [0.4, 0.5) is 5.82 Å². The molecule has 0 spiro atoms. The van der Waals surface area contributed by atoms with Crippen molar-refractivity contribution >= 4 is 11.7 Å². The van der Waals surface area contributed by atoms with Crippen molar-refractivity contribution in [3.63, 3.8) is 0 Å². The predicted molar refractivity (Wildman–Crippen MR) is 56.7 cm³/mol. The number of rotatable bonds is 4. The molecule has 0 aliphatic rings. The van der Waals surface area contributed by atoms with Gasteiger partial charge in [-0.25, -0.2) is 9.97 Å². The fourth-order valence-electron chi connectivity index (χ4n) is 0.914. The number of hydrogen-bond donors (Lipinski definition) is 1. The number of hydrogen-bond acceptors (Lipinski definition) is 4. The zero-order chi connectivity index (χ0) is 11.3. The summed E-state index contributed by atoms with van der Waals surface area (Å²) in [5, 5.41) is 2.60. The van der Waals surface area contributed by atoms with Crippen LogP contribution in [0.15, 0.2) is 12.4 Å². The smallest absolute Gasteiger partial charge is 0.232 e. The van der Waals surface area contributed by atoms with Crippen LogP contribution in [0.1, 0.15) is 27.2 Å². The van der Waals surface area contributed by atoms with Crippen LogP contribution in [0.25, 0.3) is 0 Å². The second-order valence-electron chi connectivity index (χ2n) is 3.31. The van der Waals surface area contributed by atoms with Gasteiger partial charge in [0.15, 0.2) is 5.82 Å². The summed E-state index contributed by atoms with van der Waals surface area (Å²) in [5.74, 6) is 0.819. The second kappa shape index (κ2) is 5.29. The van der Waals surface area contributed by atoms with Crippen LogP contribution < -0.4 is 10.1 Å². The Morgan fingerprint density at radius 1 is 1.47 bits per heavy atom. The molecule has 1 amide bonds. The maximum atomic E-state index is 11.0. The molecule has 1 N–H and O–H groups in total. The zero-order valence-electron chi connectivity index (χ0n) is 9.15. The van der Waals surface area contributed by atoms with Crippen molar-refractivity contribution in [3.05, 3.63) is 12.4 Å². The number of carbonyl (C=O) groups excluding carboxylic acids is 1. The Hall–Kier alpha value is -1.65. The molecule has 0 saturated carbocycles. The molecule has 0 atom stereocenters. The van der Waals surface area contributed by atoms with Gasteiger partial charge < -0.3 is 10.1 Å². The monoisotopic (exact) mass is 209 g/mol. The van der Waals surface area contributed by atoms with Crippen LogP contribution in [0.5, 0.6) is 5.88 Å². The second-order valence-corrected chi connectivity index (χ2v) is 3.31. The average Bonchev–Trinajstić information content (AvgIpc) is 2.20. The average molecular weight is 209 g/mol. The van der Waals surface area contributed by atoms with Gasteiger partial charge in [0.05, 0.1) is 18.5 Å². The SMILES string of the molecule is CCC(=O)Nc1cnc(OC(C)C)cn1. The predicted octanol–water partition coefficient (Wildman–Crippen LogP) is 1.61. The van der Waals surface area contributed by atoms with E-state index >= 15 is 0 Å². The summed E-state index contributed by atoms with van der Waals surface area (Å²) in [4.78, 5) is 19.0. The molecule has 5 nitrogen and oxygen atoms in total. The van der Waals surface area contributed by atoms with Gasteiger partial charge in [0.1, 0.15) is 0 Å². The van der Waals surface area contributed by atoms with Gasteiger partial charge in [0.2, 0.25) is 11.8 Å². The zero-order valence-corrected chi connectivity index (χ0v) is 9.15. The summed E-state index contributed by atoms with van der Waals surface area (Å²) in [6, 6.07) is 0. The largest absolute Gasteiger partial charge is 0.474 e. The van der Waals surface area contributed by atoms with Crippen LogP contribution in [0.3, 0.4) is 0 Å². The molecule has 15 heavy (non-hydrogen) atoms. The van der Waals surface area contributed by atoms with Gasteiger partial charge >= 0.3 is 0 Å². The van der Waals surface area contributed by atoms with Gasteiger partial charge in [-0.05, 0) is 13.8 Å². The lowest BCUT2D eigenvalue weighted by Gasteiger charge is -2.08. The number of ether oxygens (including phenoxy) is 1. The Morgan fingerprint density at radius 3 is 2.67 bits per heavy atom. The highest BCUT2D eigenvalue weighted by Gasteiger charge is 2.02. The molecule has 1 aromatic heterocycles. The van der Waals surface area contributed by atoms with Gasteiger partial charge in [-0.1, -0.05) is 6.92 Å². The van der Waals surface area contributed by atoms with Crippen molar-refractivity contribution in [2.45, 2.75) is 33.3 Å². The number of aromatic nitrogens is 2. The van der Waals surface area contributed by atoms with E-state index in [1.54, 1.807) is 6.92 Å². The molecule has 0 bridgehead atoms. The summed E-state index contributed by atoms with van der Waals surface area (Å²) >= 11 is 0. The normalized spacial score (nSPS) is 10.1. The first-order valence-electron chi connectivity index (χ1n) is 4.90. The van der Waals surface area contributed by atoms with Crippen LogP contribution in [-0.2, 0) is 4.79 Å². The molecule has 0 saturated heterocycles. The summed E-state index contributed by atoms with van der Waals surface area (Å²) in [7, 11) is 0. The van der Waals surface area contributed by atoms with E-state index in [1.807, 2.05) is 13.8 Å². The van der Waals surface area contributed by atoms with E-state index in [-0.39, 0.29) is 12.0 Å². The molecule has 0 aliphatic heterocycles. The molecule has 5 heteroatoms. The molecule has 1 rings (SSSR count). The summed E-state index contributed by atoms with van der Waals surface area (Å²) in [5.41, 5.74) is 0. The van der Waals surface area contributed by atoms with E-state index in [0.29, 0.717) is 18.1 Å². The Balaban J connectivity index is 2.60. The van der Waals surface area contributed by atoms with E-state index in [1.165, 1.54) is 12.4 Å². The standard InChI is InChI=1S/C10H15N3O2/c1-4-9(14)13-8-5-12-10(6-11-8)15-7(2)3/h5-7H,4H2,1-3H3,(H,11,13,14). The maximum Gasteiger partial charge on any atom is 0.232 e. The molecule has 1 aromatic rings. The van der Waals surface area contributed by atoms with Crippen LogP contribution in [0.2, 0.25) is 0 Å². The topological polar surface area (TPSA) is 64.1 Å². The lowest BCUT2D eigenvalue weighted by molar-refractivity contribution is -0.115. The molecule has 0 aromatic carbocycles. The Bertz CT molecular complexity index is 322. The minimum absolute atomic E-state index is 0.0652. The van der Waals surface area contributed by atoms with E-state index in [9.17, 15) is 4.79 Å². The first-order valence-corrected chi connectivity index (χ1v) is 4.90. The molecule has 0 unspecified atom stereocenters. The number of anilines is 1. The molecule has 0 fully saturated rings. The Morgan fingerprint density at radius 2 is 2.20 bits per heavy atom. The van der Waals surface area contributed by atoms with Gasteiger partial charge in [-0.2, -0.15) is 0 Å². The van der Waals surface area contributed by atoms with Crippen molar-refractivity contribution in [3.8, 4) is 5.88 Å². The van der Waals surface area contributed by atoms with Gasteiger partial charge in [0.25, 0.3) is 0 Å². The lowest BCUT2D eigenvalue weighted by atomic mass is 10.4. The molecule has 0 radical (unpaired) electrons. The summed E-state index contributed by atoms with van der Waals surface area (Å²) in [6.45, 7) is 5.60. The summed E-state index contributed by atoms with van der Waals surface area (Å²) < 4.78 is 5.31. The first-order chi connectivity index (χ1) is 7.11. The van der Waals surface area contributed by atoms with Crippen molar-refractivity contribution in [1.29, 1.82) is 0 Å². The van der Waals surface area contributed by atoms with Gasteiger partial charge in [0, 0.05) is 6.42 Å². The minimum atomic E-state index is -0.0816. The molecule has 82 valence electrons. The third kappa shape index (κ3) is 3.93. The quantitative estimate of drug-likeness (QED) is 0.818. The van der Waals surface area contributed by atoms with Crippen LogP contribution in [-0.4, -0.2) is 22.0 Å². The van der Waals surface area contributed by atoms with Crippen molar-refractivity contribution in [2.24, 2.45) is 0 Å². The van der Waals surface area contributed by atoms with Crippen LogP contribution in [0, 0.1) is 0 Å². The minimum Gasteiger partial charge on any atom is -0.474 e. The number of carbonyl (C=O) groups is 1. The molecule has 0 aliphatic carbocycles. The van der Waals surface area contributed by atoms with Gasteiger partial charge in [-0.3, -0.25) is 4.79 Å². The summed E-state index contributed by atoms with van der Waals surface area (Å²) in [6.07, 6.45) is 3.46. The van der Waals surface area contributed by atoms with Crippen LogP contribution >= 0.6 is 0 Å². The Labute approximate surface area is 88.9 Å². The van der Waals surface area contributed by atoms with Crippen molar-refractivity contribution < 1.29 is 9.53 Å². The number of amides is 1. The number of nitrogens with one attached hydrogen (secondary N) is 1. The van der Waals surface area contributed by atoms with Crippen molar-refractivity contribution in [1.82, 2.24) is 9.97 Å². The van der Waals surface area contributed by atoms with E-state index in [2.05, 4.69) is 15.3 Å². The van der Waals surface area contributed by atoms with Gasteiger partial charge in [-0.15, -0.1) is 0 Å². The molecular formula is C10H15N3O2. The molecular weight excluding hydrogens is 194 g/mol. The first kappa shape index (κ1) is 11.4. The highest BCUT2D eigenvalue weighted by molar-refractivity contribution is 5.89. The maximum absolute atomic E-state index is 11.0. The fourth-order valence-corrected chi connectivity index (χ4v) is 0.914. The Kier molecular flexibility index (Phi) is 4.03. The fraction of sp³-hybridized carbons (Fsp3) is 0.500. The number of nitrogens with zero attached hydrogens (tertiary/aromatic N) is 2. The van der Waals surface area contributed by atoms with Crippen molar-refractivity contribution in [2.75, 3.05) is 5.32 Å². The van der Waals surface area contributed by atoms with E-state index < -0.39 is 0 Å². The third-order valence-corrected chi connectivity index (χ3v) is 1.57. The highest BCUT2D eigenvalue weighted by Crippen LogP contribution is 2.09. The highest BCUT2D eigenvalue weighted by atomic mass is 16.5. The van der Waals surface area contributed by atoms with E-state index in [4.69, 9.17) is 4.74 Å². The lowest BCUT2D eigenvalue weighted by Crippen LogP contribution is -2.12. The molecule has 1 heterocycles. The van der Waals surface area contributed by atoms with E-state index in [0.717, 1.165) is 0 Å².